The van der Waals surface area contributed by atoms with Crippen molar-refractivity contribution in [1.82, 2.24) is 24.1 Å². The fraction of sp³-hybridized carbons (Fsp3) is 0.357. The molecule has 20 heavy (non-hydrogen) atoms. The second kappa shape index (κ2) is 5.73. The van der Waals surface area contributed by atoms with Gasteiger partial charge < -0.3 is 9.88 Å². The van der Waals surface area contributed by atoms with Gasteiger partial charge in [-0.05, 0) is 31.9 Å². The zero-order chi connectivity index (χ0) is 13.8. The number of anilines is 1. The molecule has 0 spiro atoms. The highest BCUT2D eigenvalue weighted by Gasteiger charge is 2.03. The van der Waals surface area contributed by atoms with Crippen molar-refractivity contribution in [2.75, 3.05) is 11.9 Å². The first-order chi connectivity index (χ1) is 9.83. The summed E-state index contributed by atoms with van der Waals surface area (Å²) in [4.78, 5) is 8.47. The molecule has 6 nitrogen and oxygen atoms in total. The van der Waals surface area contributed by atoms with E-state index in [4.69, 9.17) is 0 Å². The molecular weight excluding hydrogens is 252 g/mol. The van der Waals surface area contributed by atoms with Crippen molar-refractivity contribution < 1.29 is 0 Å². The lowest BCUT2D eigenvalue weighted by Crippen LogP contribution is -2.05. The number of nitrogens with zero attached hydrogens (tertiary/aromatic N) is 5. The molecule has 0 aliphatic rings. The van der Waals surface area contributed by atoms with E-state index in [-0.39, 0.29) is 0 Å². The molecule has 0 aliphatic carbocycles. The van der Waals surface area contributed by atoms with Crippen LogP contribution < -0.4 is 5.32 Å². The molecule has 3 aromatic heterocycles. The van der Waals surface area contributed by atoms with Gasteiger partial charge in [0.25, 0.3) is 0 Å². The summed E-state index contributed by atoms with van der Waals surface area (Å²) in [6.45, 7) is 3.90. The number of fused-ring (bicyclic) bond motifs is 1. The molecule has 104 valence electrons. The molecule has 0 saturated carbocycles. The molecule has 0 aliphatic heterocycles. The second-order valence-corrected chi connectivity index (χ2v) is 4.81. The molecule has 0 saturated heterocycles. The van der Waals surface area contributed by atoms with E-state index in [1.165, 1.54) is 0 Å². The van der Waals surface area contributed by atoms with Crippen LogP contribution in [-0.2, 0) is 6.54 Å². The predicted octanol–water partition coefficient (Wildman–Crippen LogP) is 2.13. The normalized spacial score (nSPS) is 11.1. The van der Waals surface area contributed by atoms with E-state index in [0.717, 1.165) is 37.3 Å². The van der Waals surface area contributed by atoms with Crippen LogP contribution in [0.1, 0.15) is 18.5 Å². The van der Waals surface area contributed by atoms with Crippen LogP contribution in [0.25, 0.3) is 5.65 Å². The molecule has 6 heteroatoms. The summed E-state index contributed by atoms with van der Waals surface area (Å²) in [5.74, 6) is 0.696. The first-order valence-corrected chi connectivity index (χ1v) is 6.85. The highest BCUT2D eigenvalue weighted by molar-refractivity contribution is 5.44. The Morgan fingerprint density at radius 1 is 1.25 bits per heavy atom. The van der Waals surface area contributed by atoms with E-state index < -0.39 is 0 Å². The predicted molar refractivity (Wildman–Crippen MR) is 77.7 cm³/mol. The minimum Gasteiger partial charge on any atom is -0.353 e. The highest BCUT2D eigenvalue weighted by Crippen LogP contribution is 2.08. The minimum absolute atomic E-state index is 0.696. The van der Waals surface area contributed by atoms with Gasteiger partial charge >= 0.3 is 0 Å². The van der Waals surface area contributed by atoms with Crippen LogP contribution in [0.15, 0.2) is 36.9 Å². The number of hydrogen-bond acceptors (Lipinski definition) is 4. The second-order valence-electron chi connectivity index (χ2n) is 4.81. The standard InChI is InChI=1S/C14H18N6/c1-12-5-4-6-13-17-14(18-20(12)13)16-7-2-3-9-19-10-8-15-11-19/h4-6,8,10-11H,2-3,7,9H2,1H3,(H,16,18). The van der Waals surface area contributed by atoms with Gasteiger partial charge in [0.15, 0.2) is 5.65 Å². The summed E-state index contributed by atoms with van der Waals surface area (Å²) in [5, 5.41) is 7.71. The number of rotatable bonds is 6. The summed E-state index contributed by atoms with van der Waals surface area (Å²) < 4.78 is 3.94. The smallest absolute Gasteiger partial charge is 0.243 e. The molecule has 3 aromatic rings. The maximum atomic E-state index is 4.45. The van der Waals surface area contributed by atoms with Gasteiger partial charge in [0.05, 0.1) is 6.33 Å². The summed E-state index contributed by atoms with van der Waals surface area (Å²) in [5.41, 5.74) is 1.97. The molecular formula is C14H18N6. The maximum absolute atomic E-state index is 4.45. The average Bonchev–Trinajstić information content (AvgIpc) is 3.08. The van der Waals surface area contributed by atoms with Crippen molar-refractivity contribution in [2.45, 2.75) is 26.3 Å². The monoisotopic (exact) mass is 270 g/mol. The van der Waals surface area contributed by atoms with E-state index in [1.54, 1.807) is 6.20 Å². The van der Waals surface area contributed by atoms with E-state index in [0.29, 0.717) is 5.95 Å². The van der Waals surface area contributed by atoms with Crippen molar-refractivity contribution in [3.8, 4) is 0 Å². The summed E-state index contributed by atoms with van der Waals surface area (Å²) in [6.07, 6.45) is 7.82. The van der Waals surface area contributed by atoms with Crippen LogP contribution in [0, 0.1) is 6.92 Å². The Balaban J connectivity index is 1.49. The molecule has 0 unspecified atom stereocenters. The van der Waals surface area contributed by atoms with Gasteiger partial charge in [-0.25, -0.2) is 9.50 Å². The van der Waals surface area contributed by atoms with Crippen molar-refractivity contribution >= 4 is 11.6 Å². The Kier molecular flexibility index (Phi) is 3.62. The van der Waals surface area contributed by atoms with Crippen LogP contribution in [0.2, 0.25) is 0 Å². The molecule has 0 atom stereocenters. The van der Waals surface area contributed by atoms with Crippen LogP contribution in [0.5, 0.6) is 0 Å². The van der Waals surface area contributed by atoms with Crippen molar-refractivity contribution in [3.05, 3.63) is 42.6 Å². The third-order valence-electron chi connectivity index (χ3n) is 3.23. The Morgan fingerprint density at radius 2 is 2.20 bits per heavy atom. The first kappa shape index (κ1) is 12.7. The molecule has 3 rings (SSSR count). The zero-order valence-electron chi connectivity index (χ0n) is 11.5. The summed E-state index contributed by atoms with van der Waals surface area (Å²) >= 11 is 0. The topological polar surface area (TPSA) is 60.0 Å². The van der Waals surface area contributed by atoms with Crippen LogP contribution in [0.4, 0.5) is 5.95 Å². The Bertz CT molecular complexity index is 670. The van der Waals surface area contributed by atoms with E-state index in [2.05, 4.69) is 25.0 Å². The summed E-state index contributed by atoms with van der Waals surface area (Å²) in [6, 6.07) is 5.98. The number of imidazole rings is 1. The molecule has 3 heterocycles. The number of nitrogens with one attached hydrogen (secondary N) is 1. The molecule has 0 amide bonds. The van der Waals surface area contributed by atoms with Crippen molar-refractivity contribution in [3.63, 3.8) is 0 Å². The zero-order valence-corrected chi connectivity index (χ0v) is 11.5. The van der Waals surface area contributed by atoms with Gasteiger partial charge in [-0.3, -0.25) is 0 Å². The molecule has 1 N–H and O–H groups in total. The number of pyridine rings is 1. The maximum Gasteiger partial charge on any atom is 0.243 e. The van der Waals surface area contributed by atoms with Gasteiger partial charge in [-0.1, -0.05) is 6.07 Å². The number of unbranched alkanes of at least 4 members (excludes halogenated alkanes) is 1. The molecule has 0 bridgehead atoms. The highest BCUT2D eigenvalue weighted by atomic mass is 15.3. The van der Waals surface area contributed by atoms with Gasteiger partial charge in [0.2, 0.25) is 5.95 Å². The van der Waals surface area contributed by atoms with Gasteiger partial charge in [0.1, 0.15) is 0 Å². The largest absolute Gasteiger partial charge is 0.353 e. The number of hydrogen-bond donors (Lipinski definition) is 1. The van der Waals surface area contributed by atoms with E-state index in [9.17, 15) is 0 Å². The van der Waals surface area contributed by atoms with E-state index >= 15 is 0 Å². The SMILES string of the molecule is Cc1cccc2nc(NCCCCn3ccnc3)nn12. The van der Waals surface area contributed by atoms with Crippen molar-refractivity contribution in [1.29, 1.82) is 0 Å². The third-order valence-corrected chi connectivity index (χ3v) is 3.23. The average molecular weight is 270 g/mol. The molecule has 0 fully saturated rings. The Morgan fingerprint density at radius 3 is 3.00 bits per heavy atom. The lowest BCUT2D eigenvalue weighted by Gasteiger charge is -2.02. The minimum atomic E-state index is 0.696. The Hall–Kier alpha value is -2.37. The van der Waals surface area contributed by atoms with Crippen molar-refractivity contribution in [2.24, 2.45) is 0 Å². The third kappa shape index (κ3) is 2.79. The van der Waals surface area contributed by atoms with Gasteiger partial charge in [0, 0.05) is 31.2 Å². The Labute approximate surface area is 117 Å². The van der Waals surface area contributed by atoms with Crippen LogP contribution in [-0.4, -0.2) is 30.7 Å². The van der Waals surface area contributed by atoms with Gasteiger partial charge in [-0.15, -0.1) is 5.10 Å². The molecule has 0 aromatic carbocycles. The summed E-state index contributed by atoms with van der Waals surface area (Å²) in [7, 11) is 0. The van der Waals surface area contributed by atoms with Gasteiger partial charge in [-0.2, -0.15) is 4.98 Å². The quantitative estimate of drug-likeness (QED) is 0.697. The number of aryl methyl sites for hydroxylation is 2. The fourth-order valence-corrected chi connectivity index (χ4v) is 2.15. The lowest BCUT2D eigenvalue weighted by atomic mass is 10.3. The number of aromatic nitrogens is 5. The fourth-order valence-electron chi connectivity index (χ4n) is 2.15. The first-order valence-electron chi connectivity index (χ1n) is 6.85. The molecule has 0 radical (unpaired) electrons. The van der Waals surface area contributed by atoms with Crippen LogP contribution in [0.3, 0.4) is 0 Å². The van der Waals surface area contributed by atoms with Crippen LogP contribution >= 0.6 is 0 Å². The van der Waals surface area contributed by atoms with E-state index in [1.807, 2.05) is 42.2 Å². The lowest BCUT2D eigenvalue weighted by molar-refractivity contribution is 0.620.